The number of aryl methyl sites for hydroxylation is 2. The number of nitrogens with zero attached hydrogens (tertiary/aromatic N) is 1. The van der Waals surface area contributed by atoms with Crippen LogP contribution in [-0.2, 0) is 20.7 Å². The molecule has 6 nitrogen and oxygen atoms in total. The average Bonchev–Trinajstić information content (AvgIpc) is 2.72. The normalized spacial score (nSPS) is 15.7. The van der Waals surface area contributed by atoms with Gasteiger partial charge < -0.3 is 14.1 Å². The molecule has 0 N–H and O–H groups in total. The molecule has 1 saturated carbocycles. The van der Waals surface area contributed by atoms with Crippen molar-refractivity contribution in [2.24, 2.45) is 0 Å². The maximum Gasteiger partial charge on any atom is 0.339 e. The molecule has 30 heavy (non-hydrogen) atoms. The summed E-state index contributed by atoms with van der Waals surface area (Å²) in [6, 6.07) is 5.94. The largest absolute Gasteiger partial charge is 0.453 e. The number of carbonyl (C=O) groups excluding carboxylic acids is 2. The third kappa shape index (κ3) is 4.91. The van der Waals surface area contributed by atoms with Crippen molar-refractivity contribution in [1.29, 1.82) is 0 Å². The van der Waals surface area contributed by atoms with Gasteiger partial charge in [0.2, 0.25) is 0 Å². The summed E-state index contributed by atoms with van der Waals surface area (Å²) in [4.78, 5) is 39.1. The fourth-order valence-corrected chi connectivity index (χ4v) is 4.26. The minimum Gasteiger partial charge on any atom is -0.453 e. The van der Waals surface area contributed by atoms with Crippen LogP contribution in [0.4, 0.5) is 0 Å². The molecule has 1 aliphatic rings. The van der Waals surface area contributed by atoms with Gasteiger partial charge in [0, 0.05) is 30.5 Å². The summed E-state index contributed by atoms with van der Waals surface area (Å²) in [6.07, 6.45) is 4.88. The van der Waals surface area contributed by atoms with Crippen LogP contribution in [0.2, 0.25) is 0 Å². The first-order valence-corrected chi connectivity index (χ1v) is 10.8. The predicted octanol–water partition coefficient (Wildman–Crippen LogP) is 4.07. The van der Waals surface area contributed by atoms with E-state index in [-0.39, 0.29) is 24.8 Å². The van der Waals surface area contributed by atoms with Gasteiger partial charge in [-0.25, -0.2) is 4.79 Å². The number of benzene rings is 1. The van der Waals surface area contributed by atoms with Crippen LogP contribution in [0.25, 0.3) is 11.0 Å². The van der Waals surface area contributed by atoms with Gasteiger partial charge in [0.05, 0.1) is 0 Å². The second-order valence-electron chi connectivity index (χ2n) is 8.37. The second kappa shape index (κ2) is 9.45. The van der Waals surface area contributed by atoms with E-state index in [1.54, 1.807) is 18.9 Å². The van der Waals surface area contributed by atoms with Crippen LogP contribution in [0.3, 0.4) is 0 Å². The molecule has 0 bridgehead atoms. The maximum atomic E-state index is 12.6. The van der Waals surface area contributed by atoms with Crippen molar-refractivity contribution in [2.45, 2.75) is 77.9 Å². The molecular formula is C24H31NO5. The Morgan fingerprint density at radius 2 is 1.90 bits per heavy atom. The van der Waals surface area contributed by atoms with Crippen LogP contribution in [0.1, 0.15) is 62.1 Å². The highest BCUT2D eigenvalue weighted by atomic mass is 16.5. The Hall–Kier alpha value is -2.63. The lowest BCUT2D eigenvalue weighted by Gasteiger charge is -2.32. The van der Waals surface area contributed by atoms with E-state index in [1.807, 2.05) is 32.0 Å². The Morgan fingerprint density at radius 1 is 1.20 bits per heavy atom. The van der Waals surface area contributed by atoms with E-state index in [2.05, 4.69) is 0 Å². The first-order chi connectivity index (χ1) is 14.3. The smallest absolute Gasteiger partial charge is 0.339 e. The molecule has 1 aromatic heterocycles. The zero-order valence-corrected chi connectivity index (χ0v) is 18.3. The quantitative estimate of drug-likeness (QED) is 0.527. The van der Waals surface area contributed by atoms with E-state index in [1.165, 1.54) is 6.42 Å². The number of amides is 1. The van der Waals surface area contributed by atoms with Crippen LogP contribution >= 0.6 is 0 Å². The Labute approximate surface area is 177 Å². The number of hydrogen-bond acceptors (Lipinski definition) is 5. The maximum absolute atomic E-state index is 12.6. The van der Waals surface area contributed by atoms with E-state index in [4.69, 9.17) is 9.15 Å². The van der Waals surface area contributed by atoms with Crippen LogP contribution in [0.5, 0.6) is 0 Å². The predicted molar refractivity (Wildman–Crippen MR) is 115 cm³/mol. The van der Waals surface area contributed by atoms with Gasteiger partial charge in [-0.05, 0) is 57.2 Å². The van der Waals surface area contributed by atoms with Crippen molar-refractivity contribution < 1.29 is 18.7 Å². The summed E-state index contributed by atoms with van der Waals surface area (Å²) < 4.78 is 10.8. The Bertz CT molecular complexity index is 987. The third-order valence-corrected chi connectivity index (χ3v) is 6.15. The molecule has 0 spiro atoms. The molecule has 0 saturated heterocycles. The molecule has 1 heterocycles. The van der Waals surface area contributed by atoms with E-state index in [9.17, 15) is 14.4 Å². The lowest BCUT2D eigenvalue weighted by Crippen LogP contribution is -2.44. The van der Waals surface area contributed by atoms with Gasteiger partial charge in [-0.3, -0.25) is 9.59 Å². The van der Waals surface area contributed by atoms with Crippen LogP contribution in [0, 0.1) is 13.8 Å². The number of fused-ring (bicyclic) bond motifs is 1. The standard InChI is InChI=1S/C24H31NO5/c1-15-10-11-19-16(2)20(24(28)30-21(19)14-15)12-13-22(26)29-17(3)23(27)25(4)18-8-6-5-7-9-18/h10-11,14,17-18H,5-9,12-13H2,1-4H3. The number of rotatable bonds is 6. The monoisotopic (exact) mass is 413 g/mol. The first-order valence-electron chi connectivity index (χ1n) is 10.8. The van der Waals surface area contributed by atoms with Gasteiger partial charge in [0.25, 0.3) is 5.91 Å². The molecule has 162 valence electrons. The van der Waals surface area contributed by atoms with E-state index >= 15 is 0 Å². The van der Waals surface area contributed by atoms with Gasteiger partial charge >= 0.3 is 11.6 Å². The highest BCUT2D eigenvalue weighted by Crippen LogP contribution is 2.23. The molecule has 2 aromatic rings. The fourth-order valence-electron chi connectivity index (χ4n) is 4.26. The number of likely N-dealkylation sites (N-methyl/N-ethyl adjacent to an activating group) is 1. The molecule has 1 amide bonds. The summed E-state index contributed by atoms with van der Waals surface area (Å²) in [5.41, 5.74) is 2.42. The topological polar surface area (TPSA) is 76.8 Å². The second-order valence-corrected chi connectivity index (χ2v) is 8.37. The highest BCUT2D eigenvalue weighted by molar-refractivity contribution is 5.84. The van der Waals surface area contributed by atoms with Crippen molar-refractivity contribution >= 4 is 22.8 Å². The summed E-state index contributed by atoms with van der Waals surface area (Å²) in [6.45, 7) is 5.41. The lowest BCUT2D eigenvalue weighted by molar-refractivity contribution is -0.159. The van der Waals surface area contributed by atoms with Gasteiger partial charge in [-0.2, -0.15) is 0 Å². The average molecular weight is 414 g/mol. The van der Waals surface area contributed by atoms with Crippen molar-refractivity contribution in [1.82, 2.24) is 4.90 Å². The highest BCUT2D eigenvalue weighted by Gasteiger charge is 2.27. The minimum absolute atomic E-state index is 0.0216. The number of ether oxygens (including phenoxy) is 1. The van der Waals surface area contributed by atoms with Gasteiger partial charge in [0.1, 0.15) is 5.58 Å². The molecule has 1 unspecified atom stereocenters. The summed E-state index contributed by atoms with van der Waals surface area (Å²) in [5, 5.41) is 0.862. The molecule has 1 aromatic carbocycles. The molecule has 6 heteroatoms. The summed E-state index contributed by atoms with van der Waals surface area (Å²) in [7, 11) is 1.79. The lowest BCUT2D eigenvalue weighted by atomic mass is 9.94. The minimum atomic E-state index is -0.832. The zero-order valence-electron chi connectivity index (χ0n) is 18.3. The summed E-state index contributed by atoms with van der Waals surface area (Å²) in [5.74, 6) is -0.664. The van der Waals surface area contributed by atoms with Crippen LogP contribution in [0.15, 0.2) is 27.4 Å². The third-order valence-electron chi connectivity index (χ3n) is 6.15. The first kappa shape index (κ1) is 22.1. The number of esters is 1. The van der Waals surface area contributed by atoms with E-state index in [0.717, 1.165) is 42.2 Å². The molecule has 1 aliphatic carbocycles. The summed E-state index contributed by atoms with van der Waals surface area (Å²) >= 11 is 0. The zero-order chi connectivity index (χ0) is 21.8. The van der Waals surface area contributed by atoms with Crippen molar-refractivity contribution in [2.75, 3.05) is 7.05 Å². The Balaban J connectivity index is 1.61. The van der Waals surface area contributed by atoms with E-state index in [0.29, 0.717) is 11.1 Å². The van der Waals surface area contributed by atoms with Crippen LogP contribution in [-0.4, -0.2) is 36.0 Å². The SMILES string of the molecule is Cc1ccc2c(C)c(CCC(=O)OC(C)C(=O)N(C)C3CCCCC3)c(=O)oc2c1. The van der Waals surface area contributed by atoms with Gasteiger partial charge in [0.15, 0.2) is 6.10 Å². The molecule has 1 atom stereocenters. The van der Waals surface area contributed by atoms with Gasteiger partial charge in [-0.1, -0.05) is 31.4 Å². The fraction of sp³-hybridized carbons (Fsp3) is 0.542. The van der Waals surface area contributed by atoms with Crippen molar-refractivity contribution in [3.05, 3.63) is 45.3 Å². The molecule has 3 rings (SSSR count). The number of hydrogen-bond donors (Lipinski definition) is 0. The molecular weight excluding hydrogens is 382 g/mol. The Kier molecular flexibility index (Phi) is 6.95. The number of carbonyl (C=O) groups is 2. The van der Waals surface area contributed by atoms with Gasteiger partial charge in [-0.15, -0.1) is 0 Å². The van der Waals surface area contributed by atoms with Crippen molar-refractivity contribution in [3.8, 4) is 0 Å². The van der Waals surface area contributed by atoms with E-state index < -0.39 is 17.7 Å². The molecule has 0 aliphatic heterocycles. The Morgan fingerprint density at radius 3 is 2.60 bits per heavy atom. The molecule has 1 fully saturated rings. The van der Waals surface area contributed by atoms with Crippen molar-refractivity contribution in [3.63, 3.8) is 0 Å². The van der Waals surface area contributed by atoms with Crippen LogP contribution < -0.4 is 5.63 Å². The molecule has 0 radical (unpaired) electrons.